The fourth-order valence-electron chi connectivity index (χ4n) is 2.34. The minimum absolute atomic E-state index is 0.408. The second-order valence-electron chi connectivity index (χ2n) is 5.34. The van der Waals surface area contributed by atoms with Gasteiger partial charge in [0, 0.05) is 25.8 Å². The van der Waals surface area contributed by atoms with Crippen LogP contribution in [-0.4, -0.2) is 20.6 Å². The molecule has 0 amide bonds. The first-order valence-corrected chi connectivity index (χ1v) is 7.23. The fourth-order valence-corrected chi connectivity index (χ4v) is 2.34. The van der Waals surface area contributed by atoms with Crippen molar-refractivity contribution in [2.75, 3.05) is 25.5 Å². The van der Waals surface area contributed by atoms with Crippen LogP contribution in [0.1, 0.15) is 25.5 Å². The summed E-state index contributed by atoms with van der Waals surface area (Å²) in [6.45, 7) is 5.33. The topological polar surface area (TPSA) is 15.3 Å². The maximum absolute atomic E-state index is 3.44. The van der Waals surface area contributed by atoms with E-state index in [1.54, 1.807) is 0 Å². The van der Waals surface area contributed by atoms with Crippen molar-refractivity contribution >= 4 is 5.69 Å². The van der Waals surface area contributed by atoms with E-state index >= 15 is 0 Å². The van der Waals surface area contributed by atoms with Crippen LogP contribution in [0.15, 0.2) is 48.5 Å². The van der Waals surface area contributed by atoms with Crippen molar-refractivity contribution in [3.05, 3.63) is 54.1 Å². The average Bonchev–Trinajstić information content (AvgIpc) is 2.48. The molecule has 2 aromatic carbocycles. The summed E-state index contributed by atoms with van der Waals surface area (Å²) < 4.78 is 0. The van der Waals surface area contributed by atoms with Crippen molar-refractivity contribution in [1.29, 1.82) is 0 Å². The van der Waals surface area contributed by atoms with E-state index in [1.165, 1.54) is 22.4 Å². The van der Waals surface area contributed by atoms with Crippen molar-refractivity contribution in [3.63, 3.8) is 0 Å². The summed E-state index contributed by atoms with van der Waals surface area (Å²) >= 11 is 0. The van der Waals surface area contributed by atoms with Gasteiger partial charge in [0.15, 0.2) is 0 Å². The molecule has 0 fully saturated rings. The monoisotopic (exact) mass is 268 g/mol. The molecule has 1 N–H and O–H groups in total. The Kier molecular flexibility index (Phi) is 4.80. The summed E-state index contributed by atoms with van der Waals surface area (Å²) in [6, 6.07) is 17.9. The highest BCUT2D eigenvalue weighted by Gasteiger charge is 2.04. The third-order valence-electron chi connectivity index (χ3n) is 3.64. The predicted octanol–water partition coefficient (Wildman–Crippen LogP) is 4.09. The van der Waals surface area contributed by atoms with Gasteiger partial charge in [0.1, 0.15) is 0 Å². The average molecular weight is 268 g/mol. The lowest BCUT2D eigenvalue weighted by atomic mass is 10.0. The first kappa shape index (κ1) is 14.6. The number of nitrogens with one attached hydrogen (secondary N) is 1. The van der Waals surface area contributed by atoms with Crippen LogP contribution in [0, 0.1) is 0 Å². The third kappa shape index (κ3) is 3.40. The highest BCUT2D eigenvalue weighted by atomic mass is 15.1. The van der Waals surface area contributed by atoms with Gasteiger partial charge in [-0.1, -0.05) is 43.3 Å². The molecule has 106 valence electrons. The van der Waals surface area contributed by atoms with Crippen LogP contribution < -0.4 is 10.2 Å². The lowest BCUT2D eigenvalue weighted by Crippen LogP contribution is -2.17. The molecule has 2 rings (SSSR count). The van der Waals surface area contributed by atoms with Crippen molar-refractivity contribution in [3.8, 4) is 11.1 Å². The summed E-state index contributed by atoms with van der Waals surface area (Å²) in [5.74, 6) is 0. The van der Waals surface area contributed by atoms with Crippen molar-refractivity contribution in [2.45, 2.75) is 19.9 Å². The summed E-state index contributed by atoms with van der Waals surface area (Å²) in [7, 11) is 4.12. The Morgan fingerprint density at radius 1 is 0.900 bits per heavy atom. The molecule has 0 aliphatic rings. The maximum atomic E-state index is 3.44. The number of anilines is 1. The van der Waals surface area contributed by atoms with Gasteiger partial charge in [-0.15, -0.1) is 0 Å². The van der Waals surface area contributed by atoms with Gasteiger partial charge < -0.3 is 10.2 Å². The second kappa shape index (κ2) is 6.58. The minimum Gasteiger partial charge on any atom is -0.378 e. The standard InChI is InChI=1S/C18H24N2/c1-5-19-14(2)15-6-8-16(9-7-15)17-10-12-18(13-11-17)20(3)4/h6-14,19H,5H2,1-4H3. The smallest absolute Gasteiger partial charge is 0.0361 e. The molecule has 20 heavy (non-hydrogen) atoms. The molecular formula is C18H24N2. The minimum atomic E-state index is 0.408. The van der Waals surface area contributed by atoms with Gasteiger partial charge in [-0.3, -0.25) is 0 Å². The lowest BCUT2D eigenvalue weighted by Gasteiger charge is -2.14. The summed E-state index contributed by atoms with van der Waals surface area (Å²) in [6.07, 6.45) is 0. The highest BCUT2D eigenvalue weighted by Crippen LogP contribution is 2.24. The van der Waals surface area contributed by atoms with Crippen LogP contribution >= 0.6 is 0 Å². The van der Waals surface area contributed by atoms with Gasteiger partial charge >= 0.3 is 0 Å². The Morgan fingerprint density at radius 2 is 1.40 bits per heavy atom. The molecule has 0 aromatic heterocycles. The number of benzene rings is 2. The van der Waals surface area contributed by atoms with Crippen LogP contribution in [0.2, 0.25) is 0 Å². The number of hydrogen-bond donors (Lipinski definition) is 1. The van der Waals surface area contributed by atoms with Crippen molar-refractivity contribution < 1.29 is 0 Å². The fraction of sp³-hybridized carbons (Fsp3) is 0.333. The maximum Gasteiger partial charge on any atom is 0.0361 e. The first-order chi connectivity index (χ1) is 9.61. The van der Waals surface area contributed by atoms with Crippen LogP contribution in [0.5, 0.6) is 0 Å². The molecular weight excluding hydrogens is 244 g/mol. The molecule has 0 spiro atoms. The molecule has 1 atom stereocenters. The summed E-state index contributed by atoms with van der Waals surface area (Å²) in [5, 5.41) is 3.44. The van der Waals surface area contributed by atoms with Gasteiger partial charge in [-0.2, -0.15) is 0 Å². The van der Waals surface area contributed by atoms with E-state index in [1.807, 2.05) is 0 Å². The highest BCUT2D eigenvalue weighted by molar-refractivity contribution is 5.66. The number of hydrogen-bond acceptors (Lipinski definition) is 2. The van der Waals surface area contributed by atoms with Gasteiger partial charge in [-0.25, -0.2) is 0 Å². The number of nitrogens with zero attached hydrogens (tertiary/aromatic N) is 1. The lowest BCUT2D eigenvalue weighted by molar-refractivity contribution is 0.598. The van der Waals surface area contributed by atoms with Gasteiger partial charge in [0.25, 0.3) is 0 Å². The normalized spacial score (nSPS) is 12.2. The predicted molar refractivity (Wildman–Crippen MR) is 88.3 cm³/mol. The Bertz CT molecular complexity index is 526. The zero-order valence-electron chi connectivity index (χ0n) is 12.9. The molecule has 1 unspecified atom stereocenters. The van der Waals surface area contributed by atoms with Gasteiger partial charge in [0.05, 0.1) is 0 Å². The Hall–Kier alpha value is -1.80. The first-order valence-electron chi connectivity index (χ1n) is 7.23. The van der Waals surface area contributed by atoms with Gasteiger partial charge in [-0.05, 0) is 42.3 Å². The summed E-state index contributed by atoms with van der Waals surface area (Å²) in [4.78, 5) is 2.12. The van der Waals surface area contributed by atoms with E-state index in [9.17, 15) is 0 Å². The Morgan fingerprint density at radius 3 is 1.85 bits per heavy atom. The second-order valence-corrected chi connectivity index (χ2v) is 5.34. The molecule has 0 heterocycles. The Balaban J connectivity index is 2.17. The Labute approximate surface area is 122 Å². The molecule has 0 aliphatic heterocycles. The molecule has 0 saturated carbocycles. The summed E-state index contributed by atoms with van der Waals surface area (Å²) in [5.41, 5.74) is 5.09. The molecule has 0 aliphatic carbocycles. The molecule has 2 aromatic rings. The van der Waals surface area contributed by atoms with Crippen molar-refractivity contribution in [2.24, 2.45) is 0 Å². The zero-order valence-corrected chi connectivity index (χ0v) is 12.9. The quantitative estimate of drug-likeness (QED) is 0.878. The number of rotatable bonds is 5. The van der Waals surface area contributed by atoms with Crippen molar-refractivity contribution in [1.82, 2.24) is 5.32 Å². The van der Waals surface area contributed by atoms with E-state index in [0.717, 1.165) is 6.54 Å². The molecule has 0 radical (unpaired) electrons. The van der Waals surface area contributed by atoms with E-state index in [0.29, 0.717) is 6.04 Å². The van der Waals surface area contributed by atoms with E-state index in [-0.39, 0.29) is 0 Å². The van der Waals surface area contributed by atoms with Crippen LogP contribution in [-0.2, 0) is 0 Å². The zero-order chi connectivity index (χ0) is 14.5. The molecule has 0 saturated heterocycles. The van der Waals surface area contributed by atoms with Gasteiger partial charge in [0.2, 0.25) is 0 Å². The molecule has 0 bridgehead atoms. The van der Waals surface area contributed by atoms with E-state index in [4.69, 9.17) is 0 Å². The van der Waals surface area contributed by atoms with Crippen LogP contribution in [0.3, 0.4) is 0 Å². The molecule has 2 nitrogen and oxygen atoms in total. The SMILES string of the molecule is CCNC(C)c1ccc(-c2ccc(N(C)C)cc2)cc1. The van der Waals surface area contributed by atoms with Crippen LogP contribution in [0.25, 0.3) is 11.1 Å². The van der Waals surface area contributed by atoms with E-state index < -0.39 is 0 Å². The third-order valence-corrected chi connectivity index (χ3v) is 3.64. The molecule has 2 heteroatoms. The van der Waals surface area contributed by atoms with E-state index in [2.05, 4.69) is 86.7 Å². The largest absolute Gasteiger partial charge is 0.378 e. The van der Waals surface area contributed by atoms with Crippen LogP contribution in [0.4, 0.5) is 5.69 Å².